The van der Waals surface area contributed by atoms with Gasteiger partial charge in [0.15, 0.2) is 6.61 Å². The van der Waals surface area contributed by atoms with Crippen LogP contribution >= 0.6 is 23.2 Å². The van der Waals surface area contributed by atoms with Crippen molar-refractivity contribution in [2.24, 2.45) is 0 Å². The van der Waals surface area contributed by atoms with Crippen LogP contribution in [0.3, 0.4) is 0 Å². The minimum absolute atomic E-state index is 0.217. The van der Waals surface area contributed by atoms with Crippen LogP contribution in [0.4, 0.5) is 4.39 Å². The molecule has 0 N–H and O–H groups in total. The summed E-state index contributed by atoms with van der Waals surface area (Å²) in [7, 11) is 0. The van der Waals surface area contributed by atoms with Gasteiger partial charge in [-0.15, -0.1) is 0 Å². The fourth-order valence-electron chi connectivity index (χ4n) is 3.42. The Bertz CT molecular complexity index is 827. The Kier molecular flexibility index (Phi) is 5.64. The minimum atomic E-state index is -0.827. The monoisotopic (exact) mass is 394 g/mol. The van der Waals surface area contributed by atoms with Crippen molar-refractivity contribution in [3.8, 4) is 0 Å². The van der Waals surface area contributed by atoms with Crippen LogP contribution in [0.15, 0.2) is 42.5 Å². The summed E-state index contributed by atoms with van der Waals surface area (Å²) in [4.78, 5) is 25.2. The quantitative estimate of drug-likeness (QED) is 0.505. The molecule has 136 valence electrons. The molecule has 0 amide bonds. The van der Waals surface area contributed by atoms with Crippen molar-refractivity contribution in [2.75, 3.05) is 6.61 Å². The molecule has 0 radical (unpaired) electrons. The first-order valence-corrected chi connectivity index (χ1v) is 9.09. The fourth-order valence-corrected chi connectivity index (χ4v) is 3.81. The number of halogens is 3. The molecule has 1 fully saturated rings. The Labute approximate surface area is 161 Å². The molecule has 3 rings (SSSR count). The van der Waals surface area contributed by atoms with Gasteiger partial charge in [0.2, 0.25) is 5.78 Å². The maximum Gasteiger partial charge on any atom is 0.317 e. The molecule has 0 spiro atoms. The molecule has 1 saturated carbocycles. The van der Waals surface area contributed by atoms with Crippen LogP contribution in [0.2, 0.25) is 10.0 Å². The smallest absolute Gasteiger partial charge is 0.317 e. The van der Waals surface area contributed by atoms with Gasteiger partial charge >= 0.3 is 5.97 Å². The minimum Gasteiger partial charge on any atom is -0.457 e. The highest BCUT2D eigenvalue weighted by molar-refractivity contribution is 6.36. The highest BCUT2D eigenvalue weighted by Gasteiger charge is 2.44. The van der Waals surface area contributed by atoms with E-state index in [2.05, 4.69) is 0 Å². The molecule has 0 atom stereocenters. The van der Waals surface area contributed by atoms with E-state index in [4.69, 9.17) is 27.9 Å². The van der Waals surface area contributed by atoms with E-state index in [1.807, 2.05) is 0 Å². The molecule has 1 aliphatic carbocycles. The first-order chi connectivity index (χ1) is 12.4. The summed E-state index contributed by atoms with van der Waals surface area (Å²) < 4.78 is 18.6. The van der Waals surface area contributed by atoms with Gasteiger partial charge < -0.3 is 4.74 Å². The number of ketones is 1. The maximum absolute atomic E-state index is 13.2. The van der Waals surface area contributed by atoms with Gasteiger partial charge in [-0.25, -0.2) is 4.39 Å². The van der Waals surface area contributed by atoms with Crippen molar-refractivity contribution in [3.63, 3.8) is 0 Å². The van der Waals surface area contributed by atoms with Crippen LogP contribution in [0.5, 0.6) is 0 Å². The molecule has 6 heteroatoms. The average Bonchev–Trinajstić information content (AvgIpc) is 3.13. The van der Waals surface area contributed by atoms with Gasteiger partial charge in [-0.3, -0.25) is 9.59 Å². The number of hydrogen-bond donors (Lipinski definition) is 0. The van der Waals surface area contributed by atoms with E-state index in [1.165, 1.54) is 24.3 Å². The third-order valence-electron chi connectivity index (χ3n) is 4.81. The number of rotatable bonds is 5. The van der Waals surface area contributed by atoms with Crippen molar-refractivity contribution in [3.05, 3.63) is 69.5 Å². The molecular formula is C20H17Cl2FO3. The maximum atomic E-state index is 13.2. The highest BCUT2D eigenvalue weighted by Crippen LogP contribution is 2.42. The number of hydrogen-bond acceptors (Lipinski definition) is 3. The van der Waals surface area contributed by atoms with E-state index in [-0.39, 0.29) is 16.4 Å². The van der Waals surface area contributed by atoms with Gasteiger partial charge in [-0.05, 0) is 48.7 Å². The van der Waals surface area contributed by atoms with Crippen LogP contribution in [0, 0.1) is 5.82 Å². The zero-order chi connectivity index (χ0) is 18.7. The summed E-state index contributed by atoms with van der Waals surface area (Å²) in [6.07, 6.45) is 2.98. The largest absolute Gasteiger partial charge is 0.457 e. The van der Waals surface area contributed by atoms with Crippen LogP contribution in [0.1, 0.15) is 41.6 Å². The predicted octanol–water partition coefficient (Wildman–Crippen LogP) is 5.37. The molecule has 26 heavy (non-hydrogen) atoms. The van der Waals surface area contributed by atoms with E-state index < -0.39 is 23.8 Å². The van der Waals surface area contributed by atoms with Crippen molar-refractivity contribution >= 4 is 35.0 Å². The van der Waals surface area contributed by atoms with E-state index in [9.17, 15) is 14.0 Å². The second kappa shape index (κ2) is 7.77. The van der Waals surface area contributed by atoms with Gasteiger partial charge in [0.1, 0.15) is 5.82 Å². The van der Waals surface area contributed by atoms with Crippen LogP contribution in [0.25, 0.3) is 0 Å². The average molecular weight is 395 g/mol. The lowest BCUT2D eigenvalue weighted by atomic mass is 9.79. The molecule has 0 heterocycles. The Balaban J connectivity index is 1.76. The summed E-state index contributed by atoms with van der Waals surface area (Å²) in [5.74, 6) is -1.24. The third kappa shape index (κ3) is 3.76. The Morgan fingerprint density at radius 3 is 2.35 bits per heavy atom. The number of benzene rings is 2. The fraction of sp³-hybridized carbons (Fsp3) is 0.300. The molecule has 0 bridgehead atoms. The second-order valence-electron chi connectivity index (χ2n) is 6.42. The summed E-state index contributed by atoms with van der Waals surface area (Å²) in [6, 6.07) is 10.4. The molecule has 1 aliphatic rings. The second-order valence-corrected chi connectivity index (χ2v) is 7.26. The zero-order valence-corrected chi connectivity index (χ0v) is 15.4. The zero-order valence-electron chi connectivity index (χ0n) is 13.9. The topological polar surface area (TPSA) is 43.4 Å². The summed E-state index contributed by atoms with van der Waals surface area (Å²) >= 11 is 11.9. The number of Topliss-reactive ketones (excluding diaryl/α,β-unsaturated/α-hetero) is 1. The Morgan fingerprint density at radius 2 is 1.69 bits per heavy atom. The number of ether oxygens (including phenoxy) is 1. The first kappa shape index (κ1) is 18.9. The summed E-state index contributed by atoms with van der Waals surface area (Å²) in [5, 5.41) is 0.632. The van der Waals surface area contributed by atoms with Crippen LogP contribution in [-0.4, -0.2) is 18.4 Å². The van der Waals surface area contributed by atoms with Crippen molar-refractivity contribution in [1.29, 1.82) is 0 Å². The van der Waals surface area contributed by atoms with Gasteiger partial charge in [0.05, 0.1) is 10.4 Å². The molecule has 0 saturated heterocycles. The van der Waals surface area contributed by atoms with E-state index >= 15 is 0 Å². The number of carbonyl (C=O) groups is 2. The number of esters is 1. The Hall–Kier alpha value is -1.91. The molecular weight excluding hydrogens is 378 g/mol. The predicted molar refractivity (Wildman–Crippen MR) is 98.3 cm³/mol. The lowest BCUT2D eigenvalue weighted by Gasteiger charge is -2.27. The van der Waals surface area contributed by atoms with Crippen molar-refractivity contribution in [2.45, 2.75) is 31.1 Å². The lowest BCUT2D eigenvalue weighted by Crippen LogP contribution is -2.35. The van der Waals surface area contributed by atoms with Crippen LogP contribution < -0.4 is 0 Å². The van der Waals surface area contributed by atoms with E-state index in [1.54, 1.807) is 18.2 Å². The van der Waals surface area contributed by atoms with Crippen molar-refractivity contribution < 1.29 is 18.7 Å². The molecule has 0 aromatic heterocycles. The van der Waals surface area contributed by atoms with Gasteiger partial charge in [-0.1, -0.05) is 48.2 Å². The van der Waals surface area contributed by atoms with Crippen LogP contribution in [-0.2, 0) is 14.9 Å². The lowest BCUT2D eigenvalue weighted by molar-refractivity contribution is -0.149. The molecule has 2 aromatic carbocycles. The SMILES string of the molecule is O=C(COC(=O)C1(c2ccc(F)cc2)CCCC1)c1cc(Cl)ccc1Cl. The van der Waals surface area contributed by atoms with Gasteiger partial charge in [0.25, 0.3) is 0 Å². The first-order valence-electron chi connectivity index (χ1n) is 8.34. The highest BCUT2D eigenvalue weighted by atomic mass is 35.5. The number of carbonyl (C=O) groups excluding carboxylic acids is 2. The third-order valence-corrected chi connectivity index (χ3v) is 5.37. The normalized spacial score (nSPS) is 15.7. The van der Waals surface area contributed by atoms with Gasteiger partial charge in [0, 0.05) is 10.6 Å². The van der Waals surface area contributed by atoms with E-state index in [0.29, 0.717) is 17.9 Å². The molecule has 3 nitrogen and oxygen atoms in total. The summed E-state index contributed by atoms with van der Waals surface area (Å²) in [6.45, 7) is -0.415. The summed E-state index contributed by atoms with van der Waals surface area (Å²) in [5.41, 5.74) is 0.107. The van der Waals surface area contributed by atoms with Gasteiger partial charge in [-0.2, -0.15) is 0 Å². The molecule has 0 aliphatic heterocycles. The van der Waals surface area contributed by atoms with E-state index in [0.717, 1.165) is 18.4 Å². The standard InChI is InChI=1S/C20H17Cl2FO3/c21-14-5-8-17(22)16(11-14)18(24)12-26-19(25)20(9-1-2-10-20)13-3-6-15(23)7-4-13/h3-8,11H,1-2,9-10,12H2. The van der Waals surface area contributed by atoms with Crippen molar-refractivity contribution in [1.82, 2.24) is 0 Å². The molecule has 2 aromatic rings. The Morgan fingerprint density at radius 1 is 1.04 bits per heavy atom. The molecule has 0 unspecified atom stereocenters.